The van der Waals surface area contributed by atoms with Crippen molar-refractivity contribution in [2.75, 3.05) is 5.32 Å². The third-order valence-electron chi connectivity index (χ3n) is 4.18. The van der Waals surface area contributed by atoms with Crippen LogP contribution in [0.1, 0.15) is 5.56 Å². The molecule has 4 nitrogen and oxygen atoms in total. The largest absolute Gasteiger partial charge is 0.322 e. The zero-order chi connectivity index (χ0) is 20.9. The fourth-order valence-corrected chi connectivity index (χ4v) is 3.85. The Bertz CT molecular complexity index is 1220. The molecule has 0 saturated carbocycles. The van der Waals surface area contributed by atoms with Crippen LogP contribution in [0.25, 0.3) is 28.0 Å². The summed E-state index contributed by atoms with van der Waals surface area (Å²) < 4.78 is 0. The van der Waals surface area contributed by atoms with E-state index in [-0.39, 0.29) is 5.91 Å². The van der Waals surface area contributed by atoms with Gasteiger partial charge < -0.3 is 5.32 Å². The first kappa shape index (κ1) is 20.3. The van der Waals surface area contributed by atoms with Gasteiger partial charge in [-0.2, -0.15) is 0 Å². The van der Waals surface area contributed by atoms with Crippen LogP contribution in [0.5, 0.6) is 0 Å². The number of anilines is 1. The molecule has 148 valence electrons. The maximum atomic E-state index is 12.3. The molecule has 2 heterocycles. The zero-order valence-corrected chi connectivity index (χ0v) is 17.9. The average molecular weight is 452 g/mol. The standard InChI is InChI=1S/C23H15Cl2N3OS/c24-18-9-7-15(12-19(18)25)8-10-22(29)27-17-5-3-4-16(13-17)21-14-30-23(28-21)20-6-1-2-11-26-20/h1-14H,(H,27,29)/b10-8+. The Hall–Kier alpha value is -2.99. The molecular weight excluding hydrogens is 437 g/mol. The molecular formula is C23H15Cl2N3OS. The first-order valence-corrected chi connectivity index (χ1v) is 10.6. The normalized spacial score (nSPS) is 11.0. The number of hydrogen-bond acceptors (Lipinski definition) is 4. The molecule has 1 amide bonds. The second-order valence-corrected chi connectivity index (χ2v) is 8.00. The van der Waals surface area contributed by atoms with Crippen molar-refractivity contribution < 1.29 is 4.79 Å². The van der Waals surface area contributed by atoms with E-state index in [0.717, 1.165) is 27.5 Å². The van der Waals surface area contributed by atoms with E-state index in [1.807, 2.05) is 47.8 Å². The lowest BCUT2D eigenvalue weighted by Crippen LogP contribution is -2.07. The summed E-state index contributed by atoms with van der Waals surface area (Å²) in [4.78, 5) is 21.3. The summed E-state index contributed by atoms with van der Waals surface area (Å²) in [6.45, 7) is 0. The second-order valence-electron chi connectivity index (χ2n) is 6.33. The van der Waals surface area contributed by atoms with Gasteiger partial charge in [0, 0.05) is 28.9 Å². The smallest absolute Gasteiger partial charge is 0.248 e. The van der Waals surface area contributed by atoms with E-state index < -0.39 is 0 Å². The van der Waals surface area contributed by atoms with E-state index in [4.69, 9.17) is 23.2 Å². The SMILES string of the molecule is O=C(/C=C/c1ccc(Cl)c(Cl)c1)Nc1cccc(-c2csc(-c3ccccn3)n2)c1. The van der Waals surface area contributed by atoms with E-state index in [0.29, 0.717) is 15.7 Å². The summed E-state index contributed by atoms with van der Waals surface area (Å²) in [5.74, 6) is -0.245. The van der Waals surface area contributed by atoms with Crippen LogP contribution >= 0.6 is 34.5 Å². The molecule has 0 unspecified atom stereocenters. The van der Waals surface area contributed by atoms with E-state index in [1.54, 1.807) is 30.5 Å². The van der Waals surface area contributed by atoms with Crippen molar-refractivity contribution >= 4 is 52.2 Å². The van der Waals surface area contributed by atoms with Crippen LogP contribution in [0.3, 0.4) is 0 Å². The number of hydrogen-bond donors (Lipinski definition) is 1. The van der Waals surface area contributed by atoms with Gasteiger partial charge in [-0.05, 0) is 48.0 Å². The highest BCUT2D eigenvalue weighted by Crippen LogP contribution is 2.29. The molecule has 0 bridgehead atoms. The lowest BCUT2D eigenvalue weighted by molar-refractivity contribution is -0.111. The molecule has 7 heteroatoms. The predicted molar refractivity (Wildman–Crippen MR) is 125 cm³/mol. The Balaban J connectivity index is 1.47. The fraction of sp³-hybridized carbons (Fsp3) is 0. The quantitative estimate of drug-likeness (QED) is 0.338. The van der Waals surface area contributed by atoms with Crippen LogP contribution in [-0.4, -0.2) is 15.9 Å². The summed E-state index contributed by atoms with van der Waals surface area (Å²) >= 11 is 13.4. The number of carbonyl (C=O) groups is 1. The van der Waals surface area contributed by atoms with Crippen molar-refractivity contribution in [3.63, 3.8) is 0 Å². The van der Waals surface area contributed by atoms with Gasteiger partial charge in [0.15, 0.2) is 0 Å². The minimum Gasteiger partial charge on any atom is -0.322 e. The Morgan fingerprint density at radius 1 is 0.967 bits per heavy atom. The van der Waals surface area contributed by atoms with Crippen molar-refractivity contribution in [1.82, 2.24) is 9.97 Å². The predicted octanol–water partition coefficient (Wildman–Crippen LogP) is 6.83. The lowest BCUT2D eigenvalue weighted by atomic mass is 10.1. The van der Waals surface area contributed by atoms with Gasteiger partial charge >= 0.3 is 0 Å². The van der Waals surface area contributed by atoms with Crippen LogP contribution in [0.4, 0.5) is 5.69 Å². The topological polar surface area (TPSA) is 54.9 Å². The summed E-state index contributed by atoms with van der Waals surface area (Å²) in [5.41, 5.74) is 4.06. The van der Waals surface area contributed by atoms with Crippen molar-refractivity contribution in [2.24, 2.45) is 0 Å². The number of aromatic nitrogens is 2. The molecule has 0 fully saturated rings. The van der Waals surface area contributed by atoms with E-state index in [1.165, 1.54) is 17.4 Å². The molecule has 0 aliphatic carbocycles. The van der Waals surface area contributed by atoms with E-state index in [2.05, 4.69) is 15.3 Å². The Kier molecular flexibility index (Phi) is 6.23. The molecule has 2 aromatic carbocycles. The number of rotatable bonds is 5. The number of amides is 1. The summed E-state index contributed by atoms with van der Waals surface area (Å²) in [5, 5.41) is 6.62. The molecule has 0 aliphatic rings. The molecule has 0 radical (unpaired) electrons. The molecule has 0 spiro atoms. The van der Waals surface area contributed by atoms with Gasteiger partial charge in [-0.15, -0.1) is 11.3 Å². The molecule has 0 aliphatic heterocycles. The second kappa shape index (κ2) is 9.22. The highest BCUT2D eigenvalue weighted by Gasteiger charge is 2.08. The lowest BCUT2D eigenvalue weighted by Gasteiger charge is -2.04. The van der Waals surface area contributed by atoms with Crippen molar-refractivity contribution in [2.45, 2.75) is 0 Å². The number of halogens is 2. The van der Waals surface area contributed by atoms with E-state index in [9.17, 15) is 4.79 Å². The van der Waals surface area contributed by atoms with Crippen LogP contribution in [-0.2, 0) is 4.79 Å². The summed E-state index contributed by atoms with van der Waals surface area (Å²) in [6.07, 6.45) is 4.88. The van der Waals surface area contributed by atoms with Gasteiger partial charge in [0.2, 0.25) is 5.91 Å². The van der Waals surface area contributed by atoms with Crippen LogP contribution in [0.2, 0.25) is 10.0 Å². The van der Waals surface area contributed by atoms with Crippen molar-refractivity contribution in [3.05, 3.63) is 93.9 Å². The fourth-order valence-electron chi connectivity index (χ4n) is 2.74. The van der Waals surface area contributed by atoms with Gasteiger partial charge in [0.05, 0.1) is 21.4 Å². The number of nitrogens with one attached hydrogen (secondary N) is 1. The van der Waals surface area contributed by atoms with Crippen LogP contribution in [0.15, 0.2) is 78.3 Å². The maximum Gasteiger partial charge on any atom is 0.248 e. The van der Waals surface area contributed by atoms with E-state index >= 15 is 0 Å². The number of thiazole rings is 1. The molecule has 4 rings (SSSR count). The zero-order valence-electron chi connectivity index (χ0n) is 15.5. The van der Waals surface area contributed by atoms with Crippen molar-refractivity contribution in [3.8, 4) is 22.0 Å². The Morgan fingerprint density at radius 2 is 1.87 bits per heavy atom. The van der Waals surface area contributed by atoms with Gasteiger partial charge in [-0.3, -0.25) is 9.78 Å². The van der Waals surface area contributed by atoms with Crippen molar-refractivity contribution in [1.29, 1.82) is 0 Å². The summed E-state index contributed by atoms with van der Waals surface area (Å²) in [7, 11) is 0. The Morgan fingerprint density at radius 3 is 2.67 bits per heavy atom. The molecule has 1 N–H and O–H groups in total. The van der Waals surface area contributed by atoms with Gasteiger partial charge in [0.25, 0.3) is 0 Å². The number of pyridine rings is 1. The maximum absolute atomic E-state index is 12.3. The average Bonchev–Trinajstić information content (AvgIpc) is 3.26. The molecule has 30 heavy (non-hydrogen) atoms. The van der Waals surface area contributed by atoms with Crippen LogP contribution < -0.4 is 5.32 Å². The monoisotopic (exact) mass is 451 g/mol. The number of benzene rings is 2. The van der Waals surface area contributed by atoms with Gasteiger partial charge in [-0.1, -0.05) is 47.5 Å². The molecule has 4 aromatic rings. The Labute approximate surface area is 187 Å². The molecule has 0 atom stereocenters. The van der Waals surface area contributed by atoms with Gasteiger partial charge in [-0.25, -0.2) is 4.98 Å². The molecule has 2 aromatic heterocycles. The first-order valence-electron chi connectivity index (χ1n) is 9.00. The minimum atomic E-state index is -0.245. The van der Waals surface area contributed by atoms with Crippen LogP contribution in [0, 0.1) is 0 Å². The highest BCUT2D eigenvalue weighted by atomic mass is 35.5. The highest BCUT2D eigenvalue weighted by molar-refractivity contribution is 7.13. The molecule has 0 saturated heterocycles. The number of nitrogens with zero attached hydrogens (tertiary/aromatic N) is 2. The minimum absolute atomic E-state index is 0.245. The van der Waals surface area contributed by atoms with Gasteiger partial charge in [0.1, 0.15) is 5.01 Å². The first-order chi connectivity index (χ1) is 14.6. The third kappa shape index (κ3) is 4.94. The third-order valence-corrected chi connectivity index (χ3v) is 5.79. The summed E-state index contributed by atoms with van der Waals surface area (Å²) in [6, 6.07) is 18.5. The number of carbonyl (C=O) groups excluding carboxylic acids is 1.